The number of benzene rings is 1. The van der Waals surface area contributed by atoms with Gasteiger partial charge in [-0.2, -0.15) is 0 Å². The molecule has 1 atom stereocenters. The summed E-state index contributed by atoms with van der Waals surface area (Å²) in [4.78, 5) is 3.05. The van der Waals surface area contributed by atoms with Crippen molar-refractivity contribution in [3.8, 4) is 5.75 Å². The van der Waals surface area contributed by atoms with Crippen molar-refractivity contribution in [2.45, 2.75) is 6.10 Å². The van der Waals surface area contributed by atoms with Gasteiger partial charge in [-0.3, -0.25) is 0 Å². The third kappa shape index (κ3) is 1.32. The lowest BCUT2D eigenvalue weighted by Gasteiger charge is -2.07. The van der Waals surface area contributed by atoms with Gasteiger partial charge in [0.05, 0.1) is 20.3 Å². The highest BCUT2D eigenvalue weighted by molar-refractivity contribution is 5.55. The van der Waals surface area contributed by atoms with Crippen LogP contribution in [0, 0.1) is 12.4 Å². The second kappa shape index (κ2) is 3.28. The summed E-state index contributed by atoms with van der Waals surface area (Å²) in [7, 11) is 1.39. The van der Waals surface area contributed by atoms with Gasteiger partial charge in [0.1, 0.15) is 11.9 Å². The highest BCUT2D eigenvalue weighted by Crippen LogP contribution is 2.40. The largest absolute Gasteiger partial charge is 0.495 e. The van der Waals surface area contributed by atoms with Crippen molar-refractivity contribution in [3.05, 3.63) is 34.9 Å². The molecule has 0 aromatic heterocycles. The van der Waals surface area contributed by atoms with Crippen LogP contribution < -0.4 is 4.74 Å². The lowest BCUT2D eigenvalue weighted by molar-refractivity contribution is 0.365. The summed E-state index contributed by atoms with van der Waals surface area (Å²) in [5.41, 5.74) is 0.656. The molecule has 1 aliphatic rings. The van der Waals surface area contributed by atoms with Crippen LogP contribution in [0.4, 0.5) is 10.1 Å². The summed E-state index contributed by atoms with van der Waals surface area (Å²) in [6.07, 6.45) is -0.0702. The van der Waals surface area contributed by atoms with Gasteiger partial charge in [-0.15, -0.1) is 0 Å². The van der Waals surface area contributed by atoms with E-state index in [2.05, 4.69) is 4.85 Å². The molecule has 1 saturated heterocycles. The molecule has 1 unspecified atom stereocenters. The number of nitrogens with zero attached hydrogens (tertiary/aromatic N) is 1. The summed E-state index contributed by atoms with van der Waals surface area (Å²) in [5.74, 6) is -0.475. The van der Waals surface area contributed by atoms with Gasteiger partial charge >= 0.3 is 0 Å². The topological polar surface area (TPSA) is 26.1 Å². The molecule has 0 saturated carbocycles. The zero-order valence-corrected chi connectivity index (χ0v) is 7.58. The quantitative estimate of drug-likeness (QED) is 0.532. The molecule has 0 spiro atoms. The SMILES string of the molecule is [C-]#[N+]c1ccc(C2CO2)c(OC)c1F. The van der Waals surface area contributed by atoms with Crippen LogP contribution in [-0.4, -0.2) is 13.7 Å². The molecule has 4 heteroatoms. The van der Waals surface area contributed by atoms with E-state index < -0.39 is 5.82 Å². The first kappa shape index (κ1) is 8.97. The first-order valence-electron chi connectivity index (χ1n) is 4.13. The van der Waals surface area contributed by atoms with E-state index in [0.29, 0.717) is 12.2 Å². The van der Waals surface area contributed by atoms with Crippen LogP contribution >= 0.6 is 0 Å². The smallest absolute Gasteiger partial charge is 0.225 e. The van der Waals surface area contributed by atoms with E-state index in [9.17, 15) is 4.39 Å². The van der Waals surface area contributed by atoms with E-state index >= 15 is 0 Å². The molecule has 1 aromatic rings. The Balaban J connectivity index is 2.53. The zero-order chi connectivity index (χ0) is 10.1. The molecule has 1 aliphatic heterocycles. The van der Waals surface area contributed by atoms with E-state index in [-0.39, 0.29) is 17.5 Å². The van der Waals surface area contributed by atoms with Crippen LogP contribution in [0.2, 0.25) is 0 Å². The van der Waals surface area contributed by atoms with E-state index in [4.69, 9.17) is 16.0 Å². The number of hydrogen-bond acceptors (Lipinski definition) is 2. The minimum Gasteiger partial charge on any atom is -0.495 e. The van der Waals surface area contributed by atoms with Crippen LogP contribution in [0.3, 0.4) is 0 Å². The molecular weight excluding hydrogens is 185 g/mol. The van der Waals surface area contributed by atoms with Gasteiger partial charge in [0.25, 0.3) is 0 Å². The third-order valence-electron chi connectivity index (χ3n) is 2.11. The molecule has 0 N–H and O–H groups in total. The molecule has 1 fully saturated rings. The van der Waals surface area contributed by atoms with Crippen molar-refractivity contribution >= 4 is 5.69 Å². The van der Waals surface area contributed by atoms with Crippen molar-refractivity contribution in [2.24, 2.45) is 0 Å². The normalized spacial score (nSPS) is 18.8. The van der Waals surface area contributed by atoms with Gasteiger partial charge in [-0.1, -0.05) is 12.1 Å². The second-order valence-corrected chi connectivity index (χ2v) is 2.95. The van der Waals surface area contributed by atoms with Crippen molar-refractivity contribution in [1.82, 2.24) is 0 Å². The summed E-state index contributed by atoms with van der Waals surface area (Å²) < 4.78 is 23.5. The first-order valence-corrected chi connectivity index (χ1v) is 4.13. The average molecular weight is 193 g/mol. The molecule has 0 aliphatic carbocycles. The Kier molecular flexibility index (Phi) is 2.10. The zero-order valence-electron chi connectivity index (χ0n) is 7.58. The molecule has 1 aromatic carbocycles. The summed E-state index contributed by atoms with van der Waals surface area (Å²) in [5, 5.41) is 0. The number of methoxy groups -OCH3 is 1. The van der Waals surface area contributed by atoms with E-state index in [0.717, 1.165) is 0 Å². The van der Waals surface area contributed by atoms with E-state index in [1.807, 2.05) is 0 Å². The highest BCUT2D eigenvalue weighted by Gasteiger charge is 2.30. The van der Waals surface area contributed by atoms with Gasteiger partial charge in [-0.25, -0.2) is 9.24 Å². The number of epoxide rings is 1. The lowest BCUT2D eigenvalue weighted by Crippen LogP contribution is -1.94. The standard InChI is InChI=1S/C10H8FNO2/c1-12-7-4-3-6(8-5-14-8)10(13-2)9(7)11/h3-4,8H,5H2,2H3. The Morgan fingerprint density at radius 1 is 1.64 bits per heavy atom. The Morgan fingerprint density at radius 2 is 2.36 bits per heavy atom. The van der Waals surface area contributed by atoms with E-state index in [1.54, 1.807) is 6.07 Å². The number of rotatable bonds is 2. The monoisotopic (exact) mass is 193 g/mol. The van der Waals surface area contributed by atoms with Crippen LogP contribution in [0.25, 0.3) is 4.85 Å². The predicted octanol–water partition coefficient (Wildman–Crippen LogP) is 2.46. The fraction of sp³-hybridized carbons (Fsp3) is 0.300. The molecule has 1 heterocycles. The average Bonchev–Trinajstić information content (AvgIpc) is 3.00. The maximum absolute atomic E-state index is 13.5. The Bertz CT molecular complexity index is 407. The van der Waals surface area contributed by atoms with Crippen LogP contribution in [0.15, 0.2) is 12.1 Å². The predicted molar refractivity (Wildman–Crippen MR) is 47.9 cm³/mol. The van der Waals surface area contributed by atoms with Gasteiger partial charge in [-0.05, 0) is 0 Å². The fourth-order valence-corrected chi connectivity index (χ4v) is 1.34. The first-order chi connectivity index (χ1) is 6.77. The van der Waals surface area contributed by atoms with Crippen molar-refractivity contribution in [2.75, 3.05) is 13.7 Å². The summed E-state index contributed by atoms with van der Waals surface area (Å²) in [6, 6.07) is 3.12. The Labute approximate surface area is 80.9 Å². The fourth-order valence-electron chi connectivity index (χ4n) is 1.34. The summed E-state index contributed by atoms with van der Waals surface area (Å²) >= 11 is 0. The molecule has 3 nitrogen and oxygen atoms in total. The minimum atomic E-state index is -0.601. The molecule has 0 bridgehead atoms. The van der Waals surface area contributed by atoms with Crippen LogP contribution in [0.1, 0.15) is 11.7 Å². The summed E-state index contributed by atoms with van der Waals surface area (Å²) in [6.45, 7) is 7.34. The molecule has 0 radical (unpaired) electrons. The molecule has 0 amide bonds. The van der Waals surface area contributed by atoms with E-state index in [1.165, 1.54) is 13.2 Å². The molecule has 14 heavy (non-hydrogen) atoms. The van der Waals surface area contributed by atoms with Crippen molar-refractivity contribution in [1.29, 1.82) is 0 Å². The van der Waals surface area contributed by atoms with Gasteiger partial charge in [0.2, 0.25) is 5.69 Å². The number of ether oxygens (including phenoxy) is 2. The van der Waals surface area contributed by atoms with Gasteiger partial charge in [0.15, 0.2) is 5.82 Å². The maximum Gasteiger partial charge on any atom is 0.225 e. The number of halogens is 1. The van der Waals surface area contributed by atoms with Gasteiger partial charge in [0, 0.05) is 5.56 Å². The maximum atomic E-state index is 13.5. The Hall–Kier alpha value is -1.60. The number of hydrogen-bond donors (Lipinski definition) is 0. The lowest BCUT2D eigenvalue weighted by atomic mass is 10.1. The molecular formula is C10H8FNO2. The Morgan fingerprint density at radius 3 is 2.86 bits per heavy atom. The highest BCUT2D eigenvalue weighted by atomic mass is 19.1. The van der Waals surface area contributed by atoms with Crippen LogP contribution in [0.5, 0.6) is 5.75 Å². The third-order valence-corrected chi connectivity index (χ3v) is 2.11. The minimum absolute atomic E-state index is 0.0220. The molecule has 2 rings (SSSR count). The van der Waals surface area contributed by atoms with Crippen LogP contribution in [-0.2, 0) is 4.74 Å². The second-order valence-electron chi connectivity index (χ2n) is 2.95. The molecule has 72 valence electrons. The van der Waals surface area contributed by atoms with Crippen molar-refractivity contribution < 1.29 is 13.9 Å². The van der Waals surface area contributed by atoms with Crippen molar-refractivity contribution in [3.63, 3.8) is 0 Å². The van der Waals surface area contributed by atoms with Gasteiger partial charge < -0.3 is 9.47 Å².